The van der Waals surface area contributed by atoms with E-state index in [4.69, 9.17) is 15.5 Å². The zero-order valence-electron chi connectivity index (χ0n) is 9.56. The Kier molecular flexibility index (Phi) is 3.64. The van der Waals surface area contributed by atoms with Gasteiger partial charge in [0.2, 0.25) is 0 Å². The van der Waals surface area contributed by atoms with Gasteiger partial charge in [0.15, 0.2) is 0 Å². The Morgan fingerprint density at radius 3 is 2.75 bits per heavy atom. The fraction of sp³-hybridized carbons (Fsp3) is 0.500. The van der Waals surface area contributed by atoms with Gasteiger partial charge in [0.1, 0.15) is 5.75 Å². The molecule has 1 atom stereocenters. The first kappa shape index (κ1) is 11.2. The smallest absolute Gasteiger partial charge is 0.119 e. The Labute approximate surface area is 95.9 Å². The summed E-state index contributed by atoms with van der Waals surface area (Å²) in [7, 11) is 1.68. The summed E-state index contributed by atoms with van der Waals surface area (Å²) in [5.41, 5.74) is 1.24. The molecule has 0 aliphatic carbocycles. The highest BCUT2D eigenvalue weighted by Gasteiger charge is 2.22. The third-order valence-corrected chi connectivity index (χ3v) is 3.06. The topological polar surface area (TPSA) is 47.7 Å². The monoisotopic (exact) mass is 222 g/mol. The highest BCUT2D eigenvalue weighted by Crippen LogP contribution is 2.25. The minimum Gasteiger partial charge on any atom is -0.497 e. The lowest BCUT2D eigenvalue weighted by molar-refractivity contribution is 0.108. The molecule has 2 rings (SSSR count). The molecule has 0 saturated carbocycles. The van der Waals surface area contributed by atoms with Gasteiger partial charge in [-0.15, -0.1) is 0 Å². The number of benzene rings is 1. The number of nitrogens with two attached hydrogens (primary N) is 1. The molecule has 4 heteroatoms. The molecule has 0 bridgehead atoms. The Balaban J connectivity index is 1.97. The first-order valence-corrected chi connectivity index (χ1v) is 5.54. The van der Waals surface area contributed by atoms with Crippen molar-refractivity contribution in [1.82, 2.24) is 0 Å². The van der Waals surface area contributed by atoms with E-state index in [0.717, 1.165) is 25.3 Å². The van der Waals surface area contributed by atoms with Crippen LogP contribution in [0.15, 0.2) is 24.3 Å². The highest BCUT2D eigenvalue weighted by atomic mass is 16.6. The molecule has 1 saturated heterocycles. The van der Waals surface area contributed by atoms with Gasteiger partial charge in [-0.05, 0) is 30.7 Å². The van der Waals surface area contributed by atoms with Crippen LogP contribution in [0.5, 0.6) is 5.75 Å². The van der Waals surface area contributed by atoms with Crippen LogP contribution in [-0.4, -0.2) is 26.8 Å². The Morgan fingerprint density at radius 2 is 2.12 bits per heavy atom. The highest BCUT2D eigenvalue weighted by molar-refractivity contribution is 5.49. The van der Waals surface area contributed by atoms with Gasteiger partial charge >= 0.3 is 0 Å². The molecule has 1 heterocycles. The Hall–Kier alpha value is -1.26. The average molecular weight is 222 g/mol. The first-order chi connectivity index (χ1) is 7.83. The molecule has 1 aliphatic rings. The zero-order valence-corrected chi connectivity index (χ0v) is 9.56. The number of ether oxygens (including phenoxy) is 1. The lowest BCUT2D eigenvalue weighted by Crippen LogP contribution is -2.21. The molecule has 16 heavy (non-hydrogen) atoms. The fourth-order valence-electron chi connectivity index (χ4n) is 2.13. The summed E-state index contributed by atoms with van der Waals surface area (Å²) in [5.74, 6) is 6.54. The van der Waals surface area contributed by atoms with E-state index >= 15 is 0 Å². The van der Waals surface area contributed by atoms with Gasteiger partial charge in [0.05, 0.1) is 13.7 Å². The number of hydrogen-bond donors (Lipinski definition) is 1. The summed E-state index contributed by atoms with van der Waals surface area (Å²) >= 11 is 0. The van der Waals surface area contributed by atoms with Gasteiger partial charge < -0.3 is 14.5 Å². The van der Waals surface area contributed by atoms with Crippen LogP contribution < -0.4 is 15.5 Å². The zero-order chi connectivity index (χ0) is 11.4. The van der Waals surface area contributed by atoms with Crippen molar-refractivity contribution in [1.29, 1.82) is 0 Å². The predicted octanol–water partition coefficient (Wildman–Crippen LogP) is 1.41. The van der Waals surface area contributed by atoms with Gasteiger partial charge in [-0.3, -0.25) is 0 Å². The van der Waals surface area contributed by atoms with E-state index in [0.29, 0.717) is 12.5 Å². The van der Waals surface area contributed by atoms with E-state index in [-0.39, 0.29) is 0 Å². The molecular weight excluding hydrogens is 204 g/mol. The quantitative estimate of drug-likeness (QED) is 0.782. The molecule has 1 aliphatic heterocycles. The molecule has 0 amide bonds. The van der Waals surface area contributed by atoms with Crippen molar-refractivity contribution < 1.29 is 9.57 Å². The van der Waals surface area contributed by atoms with Crippen LogP contribution in [0.1, 0.15) is 6.42 Å². The number of hydrogen-bond acceptors (Lipinski definition) is 4. The summed E-state index contributed by atoms with van der Waals surface area (Å²) in [4.78, 5) is 7.05. The van der Waals surface area contributed by atoms with Crippen molar-refractivity contribution in [2.45, 2.75) is 6.42 Å². The maximum Gasteiger partial charge on any atom is 0.119 e. The number of rotatable bonds is 4. The third kappa shape index (κ3) is 2.46. The van der Waals surface area contributed by atoms with Gasteiger partial charge in [0.25, 0.3) is 0 Å². The minimum absolute atomic E-state index is 0.548. The minimum atomic E-state index is 0.548. The van der Waals surface area contributed by atoms with Crippen molar-refractivity contribution >= 4 is 5.69 Å². The summed E-state index contributed by atoms with van der Waals surface area (Å²) < 4.78 is 5.14. The van der Waals surface area contributed by atoms with Crippen LogP contribution in [-0.2, 0) is 4.84 Å². The molecule has 1 unspecified atom stereocenters. The molecule has 2 N–H and O–H groups in total. The molecule has 1 fully saturated rings. The average Bonchev–Trinajstić information content (AvgIpc) is 2.78. The maximum absolute atomic E-state index is 5.14. The first-order valence-electron chi connectivity index (χ1n) is 5.54. The third-order valence-electron chi connectivity index (χ3n) is 3.06. The second-order valence-corrected chi connectivity index (χ2v) is 4.13. The summed E-state index contributed by atoms with van der Waals surface area (Å²) in [5, 5.41) is 0. The van der Waals surface area contributed by atoms with E-state index in [2.05, 4.69) is 17.0 Å². The molecule has 0 aromatic heterocycles. The van der Waals surface area contributed by atoms with Crippen LogP contribution in [0, 0.1) is 5.92 Å². The standard InChI is InChI=1S/C12H18N2O2/c1-15-12-4-2-11(3-5-12)14-7-6-10(8-14)9-16-13/h2-5,10H,6-9,13H2,1H3. The molecular formula is C12H18N2O2. The number of nitrogens with zero attached hydrogens (tertiary/aromatic N) is 1. The van der Waals surface area contributed by atoms with Crippen LogP contribution in [0.3, 0.4) is 0 Å². The molecule has 4 nitrogen and oxygen atoms in total. The predicted molar refractivity (Wildman–Crippen MR) is 63.5 cm³/mol. The fourth-order valence-corrected chi connectivity index (χ4v) is 2.13. The number of methoxy groups -OCH3 is 1. The van der Waals surface area contributed by atoms with Gasteiger partial charge in [-0.25, -0.2) is 5.90 Å². The van der Waals surface area contributed by atoms with E-state index < -0.39 is 0 Å². The Morgan fingerprint density at radius 1 is 1.38 bits per heavy atom. The van der Waals surface area contributed by atoms with E-state index in [1.165, 1.54) is 5.69 Å². The van der Waals surface area contributed by atoms with Crippen molar-refractivity contribution in [3.63, 3.8) is 0 Å². The van der Waals surface area contributed by atoms with E-state index in [1.807, 2.05) is 12.1 Å². The second-order valence-electron chi connectivity index (χ2n) is 4.13. The lowest BCUT2D eigenvalue weighted by Gasteiger charge is -2.18. The largest absolute Gasteiger partial charge is 0.497 e. The molecule has 88 valence electrons. The SMILES string of the molecule is COc1ccc(N2CCC(CON)C2)cc1. The van der Waals surface area contributed by atoms with Gasteiger partial charge in [-0.2, -0.15) is 0 Å². The molecule has 1 aromatic carbocycles. The summed E-state index contributed by atoms with van der Waals surface area (Å²) in [6.07, 6.45) is 1.14. The molecule has 0 radical (unpaired) electrons. The second kappa shape index (κ2) is 5.18. The van der Waals surface area contributed by atoms with Crippen molar-refractivity contribution in [3.05, 3.63) is 24.3 Å². The van der Waals surface area contributed by atoms with Crippen LogP contribution in [0.25, 0.3) is 0 Å². The summed E-state index contributed by atoms with van der Waals surface area (Å²) in [6, 6.07) is 8.15. The van der Waals surface area contributed by atoms with Crippen LogP contribution >= 0.6 is 0 Å². The summed E-state index contributed by atoms with van der Waals surface area (Å²) in [6.45, 7) is 2.73. The van der Waals surface area contributed by atoms with Gasteiger partial charge in [-0.1, -0.05) is 0 Å². The van der Waals surface area contributed by atoms with E-state index in [9.17, 15) is 0 Å². The van der Waals surface area contributed by atoms with Crippen molar-refractivity contribution in [3.8, 4) is 5.75 Å². The van der Waals surface area contributed by atoms with Crippen LogP contribution in [0.4, 0.5) is 5.69 Å². The Bertz CT molecular complexity index is 326. The molecule has 1 aromatic rings. The number of anilines is 1. The lowest BCUT2D eigenvalue weighted by atomic mass is 10.1. The normalized spacial score (nSPS) is 20.1. The van der Waals surface area contributed by atoms with Crippen LogP contribution in [0.2, 0.25) is 0 Å². The van der Waals surface area contributed by atoms with Crippen molar-refractivity contribution in [2.75, 3.05) is 31.7 Å². The van der Waals surface area contributed by atoms with Crippen molar-refractivity contribution in [2.24, 2.45) is 11.8 Å². The maximum atomic E-state index is 5.14. The van der Waals surface area contributed by atoms with Gasteiger partial charge in [0, 0.05) is 24.7 Å². The molecule has 0 spiro atoms. The van der Waals surface area contributed by atoms with E-state index in [1.54, 1.807) is 7.11 Å².